The van der Waals surface area contributed by atoms with Crippen LogP contribution in [0.5, 0.6) is 0 Å². The molecule has 0 bridgehead atoms. The van der Waals surface area contributed by atoms with E-state index in [1.807, 2.05) is 0 Å². The maximum Gasteiger partial charge on any atom is 0.0541 e. The molecule has 3 heterocycles. The lowest BCUT2D eigenvalue weighted by Crippen LogP contribution is -1.97. The van der Waals surface area contributed by atoms with Crippen molar-refractivity contribution in [3.63, 3.8) is 0 Å². The Morgan fingerprint density at radius 3 is 0.877 bits per heavy atom. The van der Waals surface area contributed by atoms with Crippen molar-refractivity contribution in [2.24, 2.45) is 0 Å². The summed E-state index contributed by atoms with van der Waals surface area (Å²) < 4.78 is 7.18. The molecular weight excluding hydrogens is 691 g/mol. The number of nitrogens with zero attached hydrogens (tertiary/aromatic N) is 3. The van der Waals surface area contributed by atoms with E-state index in [4.69, 9.17) is 0 Å². The van der Waals surface area contributed by atoms with Crippen LogP contribution in [0.25, 0.3) is 105 Å². The van der Waals surface area contributed by atoms with Gasteiger partial charge in [0.05, 0.1) is 33.1 Å². The van der Waals surface area contributed by atoms with Crippen LogP contribution in [0.15, 0.2) is 212 Å². The first-order valence-electron chi connectivity index (χ1n) is 19.6. The predicted octanol–water partition coefficient (Wildman–Crippen LogP) is 14.3. The summed E-state index contributed by atoms with van der Waals surface area (Å²) in [5.74, 6) is 0. The summed E-state index contributed by atoms with van der Waals surface area (Å²) in [6.45, 7) is 0. The highest BCUT2D eigenvalue weighted by atomic mass is 15.0. The van der Waals surface area contributed by atoms with Crippen LogP contribution in [-0.2, 0) is 0 Å². The van der Waals surface area contributed by atoms with Gasteiger partial charge in [0.1, 0.15) is 0 Å². The van der Waals surface area contributed by atoms with E-state index >= 15 is 0 Å². The third kappa shape index (κ3) is 4.86. The van der Waals surface area contributed by atoms with Gasteiger partial charge in [0.15, 0.2) is 0 Å². The SMILES string of the molecule is c1ccc(-c2ccc(-n3c4ccccc4c4cc(-c5ccc6c(c5)c5ccccc5n6-c5ccc(-n6c7ccccc7c7ccccc76)cc5)ccc43)cc2)cc1. The first kappa shape index (κ1) is 31.7. The van der Waals surface area contributed by atoms with Crippen LogP contribution in [0.1, 0.15) is 0 Å². The lowest BCUT2D eigenvalue weighted by atomic mass is 10.0. The first-order chi connectivity index (χ1) is 28.3. The Morgan fingerprint density at radius 1 is 0.193 bits per heavy atom. The minimum absolute atomic E-state index is 1.14. The van der Waals surface area contributed by atoms with Crippen molar-refractivity contribution in [1.82, 2.24) is 13.7 Å². The maximum absolute atomic E-state index is 2.41. The van der Waals surface area contributed by atoms with Gasteiger partial charge in [-0.15, -0.1) is 0 Å². The molecule has 0 fully saturated rings. The van der Waals surface area contributed by atoms with E-state index in [1.165, 1.54) is 87.7 Å². The standard InChI is InChI=1S/C54H35N3/c1-2-12-36(13-3-1)37-22-26-40(27-23-37)56-51-20-10-6-16-45(51)47-34-38(24-32-53(47)56)39-25-33-54-48(35-39)46-17-7-11-21-52(46)57(54)42-30-28-41(29-31-42)55-49-18-8-4-14-43(49)44-15-5-9-19-50(44)55/h1-35H. The van der Waals surface area contributed by atoms with E-state index in [2.05, 4.69) is 226 Å². The Kier molecular flexibility index (Phi) is 6.93. The predicted molar refractivity (Wildman–Crippen MR) is 240 cm³/mol. The minimum atomic E-state index is 1.14. The van der Waals surface area contributed by atoms with Gasteiger partial charge in [0.25, 0.3) is 0 Å². The molecule has 57 heavy (non-hydrogen) atoms. The van der Waals surface area contributed by atoms with Crippen LogP contribution in [0.3, 0.4) is 0 Å². The molecule has 0 saturated heterocycles. The van der Waals surface area contributed by atoms with Crippen LogP contribution >= 0.6 is 0 Å². The monoisotopic (exact) mass is 725 g/mol. The average Bonchev–Trinajstić information content (AvgIpc) is 3.92. The number of fused-ring (bicyclic) bond motifs is 9. The van der Waals surface area contributed by atoms with Gasteiger partial charge >= 0.3 is 0 Å². The fraction of sp³-hybridized carbons (Fsp3) is 0. The smallest absolute Gasteiger partial charge is 0.0541 e. The summed E-state index contributed by atoms with van der Waals surface area (Å²) in [6, 6.07) is 77.4. The van der Waals surface area contributed by atoms with Crippen LogP contribution < -0.4 is 0 Å². The Morgan fingerprint density at radius 2 is 0.474 bits per heavy atom. The number of rotatable bonds is 5. The molecule has 0 atom stereocenters. The molecule has 9 aromatic carbocycles. The Bertz CT molecular complexity index is 3440. The third-order valence-electron chi connectivity index (χ3n) is 11.9. The van der Waals surface area contributed by atoms with E-state index in [0.717, 1.165) is 17.1 Å². The highest BCUT2D eigenvalue weighted by Gasteiger charge is 2.17. The van der Waals surface area contributed by atoms with Gasteiger partial charge in [-0.2, -0.15) is 0 Å². The fourth-order valence-corrected chi connectivity index (χ4v) is 9.25. The van der Waals surface area contributed by atoms with E-state index in [0.29, 0.717) is 0 Å². The Balaban J connectivity index is 0.959. The normalized spacial score (nSPS) is 11.9. The molecule has 0 N–H and O–H groups in total. The third-order valence-corrected chi connectivity index (χ3v) is 11.9. The topological polar surface area (TPSA) is 14.8 Å². The number of para-hydroxylation sites is 4. The molecule has 0 spiro atoms. The van der Waals surface area contributed by atoms with Gasteiger partial charge < -0.3 is 13.7 Å². The highest BCUT2D eigenvalue weighted by molar-refractivity contribution is 6.13. The quantitative estimate of drug-likeness (QED) is 0.168. The molecule has 0 unspecified atom stereocenters. The summed E-state index contributed by atoms with van der Waals surface area (Å²) in [4.78, 5) is 0. The molecule has 0 aliphatic heterocycles. The zero-order chi connectivity index (χ0) is 37.5. The number of aromatic nitrogens is 3. The summed E-state index contributed by atoms with van der Waals surface area (Å²) in [5, 5.41) is 7.54. The van der Waals surface area contributed by atoms with E-state index in [1.54, 1.807) is 0 Å². The molecular formula is C54H35N3. The summed E-state index contributed by atoms with van der Waals surface area (Å²) >= 11 is 0. The second-order valence-corrected chi connectivity index (χ2v) is 15.0. The first-order valence-corrected chi connectivity index (χ1v) is 19.6. The average molecular weight is 726 g/mol. The molecule has 266 valence electrons. The molecule has 3 heteroatoms. The van der Waals surface area contributed by atoms with Crippen molar-refractivity contribution in [1.29, 1.82) is 0 Å². The summed E-state index contributed by atoms with van der Waals surface area (Å²) in [6.07, 6.45) is 0. The number of hydrogen-bond acceptors (Lipinski definition) is 0. The van der Waals surface area contributed by atoms with Gasteiger partial charge in [-0.1, -0.05) is 127 Å². The van der Waals surface area contributed by atoms with Gasteiger partial charge in [-0.05, 0) is 107 Å². The van der Waals surface area contributed by atoms with Crippen molar-refractivity contribution in [2.75, 3.05) is 0 Å². The minimum Gasteiger partial charge on any atom is -0.309 e. The summed E-state index contributed by atoms with van der Waals surface area (Å²) in [7, 11) is 0. The van der Waals surface area contributed by atoms with Crippen molar-refractivity contribution in [3.05, 3.63) is 212 Å². The van der Waals surface area contributed by atoms with Crippen LogP contribution in [0, 0.1) is 0 Å². The molecule has 0 amide bonds. The van der Waals surface area contributed by atoms with Crippen LogP contribution in [-0.4, -0.2) is 13.7 Å². The van der Waals surface area contributed by atoms with Gasteiger partial charge in [-0.3, -0.25) is 0 Å². The van der Waals surface area contributed by atoms with Crippen molar-refractivity contribution >= 4 is 65.4 Å². The molecule has 0 aliphatic rings. The van der Waals surface area contributed by atoms with Crippen LogP contribution in [0.2, 0.25) is 0 Å². The number of benzene rings is 9. The zero-order valence-corrected chi connectivity index (χ0v) is 31.0. The summed E-state index contributed by atoms with van der Waals surface area (Å²) in [5.41, 5.74) is 15.6. The molecule has 12 rings (SSSR count). The van der Waals surface area contributed by atoms with Crippen molar-refractivity contribution in [3.8, 4) is 39.3 Å². The lowest BCUT2D eigenvalue weighted by Gasteiger charge is -2.12. The molecule has 12 aromatic rings. The van der Waals surface area contributed by atoms with Crippen LogP contribution in [0.4, 0.5) is 0 Å². The molecule has 0 aliphatic carbocycles. The second-order valence-electron chi connectivity index (χ2n) is 15.0. The Labute approximate surface area is 329 Å². The van der Waals surface area contributed by atoms with Crippen molar-refractivity contribution < 1.29 is 0 Å². The van der Waals surface area contributed by atoms with E-state index < -0.39 is 0 Å². The maximum atomic E-state index is 2.41. The highest BCUT2D eigenvalue weighted by Crippen LogP contribution is 2.39. The zero-order valence-electron chi connectivity index (χ0n) is 31.0. The molecule has 0 radical (unpaired) electrons. The fourth-order valence-electron chi connectivity index (χ4n) is 9.25. The lowest BCUT2D eigenvalue weighted by molar-refractivity contribution is 1.14. The van der Waals surface area contributed by atoms with E-state index in [9.17, 15) is 0 Å². The van der Waals surface area contributed by atoms with Gasteiger partial charge in [0.2, 0.25) is 0 Å². The van der Waals surface area contributed by atoms with Crippen molar-refractivity contribution in [2.45, 2.75) is 0 Å². The second kappa shape index (κ2) is 12.5. The van der Waals surface area contributed by atoms with Gasteiger partial charge in [-0.25, -0.2) is 0 Å². The molecule has 3 nitrogen and oxygen atoms in total. The number of hydrogen-bond donors (Lipinski definition) is 0. The van der Waals surface area contributed by atoms with E-state index in [-0.39, 0.29) is 0 Å². The van der Waals surface area contributed by atoms with Gasteiger partial charge in [0, 0.05) is 49.4 Å². The molecule has 0 saturated carbocycles. The molecule has 3 aromatic heterocycles. The largest absolute Gasteiger partial charge is 0.309 e. The Hall–Kier alpha value is -7.62.